The summed E-state index contributed by atoms with van der Waals surface area (Å²) < 4.78 is 27.0. The highest BCUT2D eigenvalue weighted by Gasteiger charge is 2.23. The standard InChI is InChI=1S/C12H16F2O/c1-4-7(2)12(15)10-9(13)6-5-8(3)11(10)14/h5-7,12,15H,4H2,1-3H3. The molecule has 0 aromatic heterocycles. The van der Waals surface area contributed by atoms with Crippen LogP contribution < -0.4 is 0 Å². The zero-order chi connectivity index (χ0) is 11.6. The Morgan fingerprint density at radius 1 is 1.33 bits per heavy atom. The van der Waals surface area contributed by atoms with E-state index in [0.29, 0.717) is 12.0 Å². The van der Waals surface area contributed by atoms with Crippen LogP contribution in [0.15, 0.2) is 12.1 Å². The molecule has 2 atom stereocenters. The van der Waals surface area contributed by atoms with Gasteiger partial charge in [0.15, 0.2) is 0 Å². The molecule has 1 nitrogen and oxygen atoms in total. The number of aliphatic hydroxyl groups excluding tert-OH is 1. The number of aliphatic hydroxyl groups is 1. The molecule has 0 aliphatic rings. The van der Waals surface area contributed by atoms with Crippen LogP contribution >= 0.6 is 0 Å². The maximum Gasteiger partial charge on any atom is 0.134 e. The van der Waals surface area contributed by atoms with Gasteiger partial charge in [-0.2, -0.15) is 0 Å². The van der Waals surface area contributed by atoms with Crippen molar-refractivity contribution in [1.29, 1.82) is 0 Å². The minimum Gasteiger partial charge on any atom is -0.388 e. The topological polar surface area (TPSA) is 20.2 Å². The Bertz CT molecular complexity index is 350. The van der Waals surface area contributed by atoms with E-state index in [9.17, 15) is 13.9 Å². The number of halogens is 2. The first-order chi connectivity index (χ1) is 6.99. The van der Waals surface area contributed by atoms with Crippen LogP contribution in [0, 0.1) is 24.5 Å². The molecule has 0 fully saturated rings. The summed E-state index contributed by atoms with van der Waals surface area (Å²) >= 11 is 0. The van der Waals surface area contributed by atoms with Gasteiger partial charge in [0.1, 0.15) is 11.6 Å². The molecule has 15 heavy (non-hydrogen) atoms. The third-order valence-electron chi connectivity index (χ3n) is 2.80. The summed E-state index contributed by atoms with van der Waals surface area (Å²) in [4.78, 5) is 0. The summed E-state index contributed by atoms with van der Waals surface area (Å²) in [5.41, 5.74) is 0.151. The van der Waals surface area contributed by atoms with Crippen molar-refractivity contribution in [1.82, 2.24) is 0 Å². The van der Waals surface area contributed by atoms with Crippen molar-refractivity contribution in [2.75, 3.05) is 0 Å². The number of benzene rings is 1. The molecule has 1 N–H and O–H groups in total. The molecule has 1 rings (SSSR count). The predicted molar refractivity (Wildman–Crippen MR) is 55.5 cm³/mol. The van der Waals surface area contributed by atoms with E-state index in [0.717, 1.165) is 0 Å². The zero-order valence-electron chi connectivity index (χ0n) is 9.22. The summed E-state index contributed by atoms with van der Waals surface area (Å²) in [5, 5.41) is 9.80. The summed E-state index contributed by atoms with van der Waals surface area (Å²) in [6.45, 7) is 5.20. The molecular formula is C12H16F2O. The molecule has 0 amide bonds. The van der Waals surface area contributed by atoms with Gasteiger partial charge in [-0.05, 0) is 24.5 Å². The quantitative estimate of drug-likeness (QED) is 0.818. The van der Waals surface area contributed by atoms with Crippen LogP contribution in [0.4, 0.5) is 8.78 Å². The average Bonchev–Trinajstić information content (AvgIpc) is 2.22. The van der Waals surface area contributed by atoms with Crippen LogP contribution in [-0.4, -0.2) is 5.11 Å². The minimum absolute atomic E-state index is 0.157. The van der Waals surface area contributed by atoms with Crippen molar-refractivity contribution in [2.24, 2.45) is 5.92 Å². The number of hydrogen-bond acceptors (Lipinski definition) is 1. The van der Waals surface area contributed by atoms with Crippen molar-refractivity contribution in [3.8, 4) is 0 Å². The zero-order valence-corrected chi connectivity index (χ0v) is 9.22. The van der Waals surface area contributed by atoms with Gasteiger partial charge in [0.2, 0.25) is 0 Å². The molecule has 84 valence electrons. The minimum atomic E-state index is -1.07. The molecule has 3 heteroatoms. The summed E-state index contributed by atoms with van der Waals surface area (Å²) in [7, 11) is 0. The summed E-state index contributed by atoms with van der Waals surface area (Å²) in [6.07, 6.45) is -0.400. The molecule has 1 aromatic carbocycles. The van der Waals surface area contributed by atoms with Crippen LogP contribution in [0.5, 0.6) is 0 Å². The van der Waals surface area contributed by atoms with Gasteiger partial charge < -0.3 is 5.11 Å². The van der Waals surface area contributed by atoms with E-state index in [4.69, 9.17) is 0 Å². The van der Waals surface area contributed by atoms with E-state index in [2.05, 4.69) is 0 Å². The fourth-order valence-corrected chi connectivity index (χ4v) is 1.46. The average molecular weight is 214 g/mol. The van der Waals surface area contributed by atoms with Gasteiger partial charge in [0.25, 0.3) is 0 Å². The molecule has 0 radical (unpaired) electrons. The highest BCUT2D eigenvalue weighted by Crippen LogP contribution is 2.29. The maximum atomic E-state index is 13.6. The van der Waals surface area contributed by atoms with Crippen molar-refractivity contribution in [3.05, 3.63) is 34.9 Å². The molecule has 0 heterocycles. The number of rotatable bonds is 3. The molecule has 0 spiro atoms. The van der Waals surface area contributed by atoms with Crippen molar-refractivity contribution >= 4 is 0 Å². The highest BCUT2D eigenvalue weighted by molar-refractivity contribution is 5.28. The number of hydrogen-bond donors (Lipinski definition) is 1. The molecular weight excluding hydrogens is 198 g/mol. The van der Waals surface area contributed by atoms with Crippen molar-refractivity contribution in [2.45, 2.75) is 33.3 Å². The van der Waals surface area contributed by atoms with E-state index in [-0.39, 0.29) is 11.5 Å². The second-order valence-electron chi connectivity index (χ2n) is 3.92. The van der Waals surface area contributed by atoms with Gasteiger partial charge in [0.05, 0.1) is 11.7 Å². The Morgan fingerprint density at radius 3 is 2.47 bits per heavy atom. The first-order valence-electron chi connectivity index (χ1n) is 5.11. The van der Waals surface area contributed by atoms with Gasteiger partial charge in [-0.15, -0.1) is 0 Å². The van der Waals surface area contributed by atoms with Crippen molar-refractivity contribution in [3.63, 3.8) is 0 Å². The van der Waals surface area contributed by atoms with Crippen LogP contribution in [0.3, 0.4) is 0 Å². The second kappa shape index (κ2) is 4.71. The van der Waals surface area contributed by atoms with E-state index < -0.39 is 17.7 Å². The molecule has 0 aliphatic carbocycles. The van der Waals surface area contributed by atoms with Gasteiger partial charge in [-0.25, -0.2) is 8.78 Å². The third-order valence-corrected chi connectivity index (χ3v) is 2.80. The van der Waals surface area contributed by atoms with Crippen LogP contribution in [0.1, 0.15) is 37.5 Å². The largest absolute Gasteiger partial charge is 0.388 e. The fraction of sp³-hybridized carbons (Fsp3) is 0.500. The first-order valence-corrected chi connectivity index (χ1v) is 5.11. The summed E-state index contributed by atoms with van der Waals surface area (Å²) in [5.74, 6) is -1.47. The molecule has 2 unspecified atom stereocenters. The lowest BCUT2D eigenvalue weighted by Crippen LogP contribution is -2.13. The lowest BCUT2D eigenvalue weighted by atomic mass is 9.93. The summed E-state index contributed by atoms with van der Waals surface area (Å²) in [6, 6.07) is 2.57. The molecule has 0 bridgehead atoms. The Labute approximate surface area is 88.7 Å². The Morgan fingerprint density at radius 2 is 1.93 bits per heavy atom. The van der Waals surface area contributed by atoms with Crippen LogP contribution in [0.25, 0.3) is 0 Å². The molecule has 0 aliphatic heterocycles. The first kappa shape index (κ1) is 12.1. The van der Waals surface area contributed by atoms with E-state index >= 15 is 0 Å². The number of aryl methyl sites for hydroxylation is 1. The van der Waals surface area contributed by atoms with Crippen LogP contribution in [0.2, 0.25) is 0 Å². The van der Waals surface area contributed by atoms with E-state index in [1.807, 2.05) is 6.92 Å². The lowest BCUT2D eigenvalue weighted by Gasteiger charge is -2.19. The SMILES string of the molecule is CCC(C)C(O)c1c(F)ccc(C)c1F. The van der Waals surface area contributed by atoms with Crippen molar-refractivity contribution < 1.29 is 13.9 Å². The normalized spacial score (nSPS) is 15.1. The van der Waals surface area contributed by atoms with Gasteiger partial charge in [0, 0.05) is 0 Å². The van der Waals surface area contributed by atoms with Gasteiger partial charge >= 0.3 is 0 Å². The Kier molecular flexibility index (Phi) is 3.80. The smallest absolute Gasteiger partial charge is 0.134 e. The molecule has 1 aromatic rings. The third kappa shape index (κ3) is 2.34. The predicted octanol–water partition coefficient (Wildman–Crippen LogP) is 3.35. The highest BCUT2D eigenvalue weighted by atomic mass is 19.1. The second-order valence-corrected chi connectivity index (χ2v) is 3.92. The Hall–Kier alpha value is -0.960. The maximum absolute atomic E-state index is 13.6. The monoisotopic (exact) mass is 214 g/mol. The van der Waals surface area contributed by atoms with Crippen LogP contribution in [-0.2, 0) is 0 Å². The molecule has 0 saturated heterocycles. The van der Waals surface area contributed by atoms with E-state index in [1.165, 1.54) is 12.1 Å². The Balaban J connectivity index is 3.18. The van der Waals surface area contributed by atoms with E-state index in [1.54, 1.807) is 13.8 Å². The fourth-order valence-electron chi connectivity index (χ4n) is 1.46. The van der Waals surface area contributed by atoms with Gasteiger partial charge in [-0.1, -0.05) is 26.3 Å². The lowest BCUT2D eigenvalue weighted by molar-refractivity contribution is 0.107. The molecule has 0 saturated carbocycles. The van der Waals surface area contributed by atoms with Gasteiger partial charge in [-0.3, -0.25) is 0 Å².